The predicted molar refractivity (Wildman–Crippen MR) is 80.8 cm³/mol. The van der Waals surface area contributed by atoms with Crippen molar-refractivity contribution < 1.29 is 14.3 Å². The van der Waals surface area contributed by atoms with E-state index in [1.54, 1.807) is 12.0 Å². The fourth-order valence-electron chi connectivity index (χ4n) is 3.48. The van der Waals surface area contributed by atoms with E-state index >= 15 is 0 Å². The normalized spacial score (nSPS) is 26.8. The molecule has 5 heteroatoms. The Morgan fingerprint density at radius 2 is 2.05 bits per heavy atom. The number of hydrogen-bond acceptors (Lipinski definition) is 4. The summed E-state index contributed by atoms with van der Waals surface area (Å²) in [5.41, 5.74) is 0.483. The molecule has 2 heterocycles. The lowest BCUT2D eigenvalue weighted by atomic mass is 9.79. The average molecular weight is 290 g/mol. The number of ether oxygens (including phenoxy) is 2. The van der Waals surface area contributed by atoms with E-state index in [1.165, 1.54) is 0 Å². The van der Waals surface area contributed by atoms with Gasteiger partial charge in [0, 0.05) is 0 Å². The number of carbonyl (C=O) groups is 1. The van der Waals surface area contributed by atoms with Crippen LogP contribution in [0.2, 0.25) is 0 Å². The van der Waals surface area contributed by atoms with Crippen molar-refractivity contribution in [1.29, 1.82) is 0 Å². The highest BCUT2D eigenvalue weighted by Gasteiger charge is 2.50. The number of nitrogens with zero attached hydrogens (tertiary/aromatic N) is 1. The van der Waals surface area contributed by atoms with Crippen molar-refractivity contribution >= 4 is 11.8 Å². The van der Waals surface area contributed by atoms with E-state index in [2.05, 4.69) is 12.2 Å². The first-order valence-electron chi connectivity index (χ1n) is 7.47. The number of para-hydroxylation sites is 2. The number of nitrogens with one attached hydrogen (secondary N) is 1. The molecule has 21 heavy (non-hydrogen) atoms. The SMILES string of the molecule is COc1ccccc1N1C(=O)OCC1(C)C1CCNCC1. The average Bonchev–Trinajstić information content (AvgIpc) is 2.84. The standard InChI is InChI=1S/C16H22N2O3/c1-16(12-7-9-17-10-8-12)11-21-15(19)18(16)13-5-3-4-6-14(13)20-2/h3-6,12,17H,7-11H2,1-2H3. The van der Waals surface area contributed by atoms with Gasteiger partial charge < -0.3 is 14.8 Å². The lowest BCUT2D eigenvalue weighted by molar-refractivity contribution is 0.156. The first-order chi connectivity index (χ1) is 10.2. The summed E-state index contributed by atoms with van der Waals surface area (Å²) in [5, 5.41) is 3.37. The van der Waals surface area contributed by atoms with Gasteiger partial charge in [0.05, 0.1) is 18.3 Å². The summed E-state index contributed by atoms with van der Waals surface area (Å²) in [4.78, 5) is 14.1. The number of carbonyl (C=O) groups excluding carboxylic acids is 1. The topological polar surface area (TPSA) is 50.8 Å². The van der Waals surface area contributed by atoms with Crippen LogP contribution in [0.1, 0.15) is 19.8 Å². The van der Waals surface area contributed by atoms with Crippen molar-refractivity contribution in [2.45, 2.75) is 25.3 Å². The predicted octanol–water partition coefficient (Wildman–Crippen LogP) is 2.41. The molecule has 3 rings (SSSR count). The van der Waals surface area contributed by atoms with E-state index in [-0.39, 0.29) is 11.6 Å². The minimum Gasteiger partial charge on any atom is -0.495 e. The minimum absolute atomic E-state index is 0.277. The molecule has 0 aromatic heterocycles. The van der Waals surface area contributed by atoms with Crippen LogP contribution < -0.4 is 15.0 Å². The van der Waals surface area contributed by atoms with Crippen LogP contribution in [0.15, 0.2) is 24.3 Å². The number of cyclic esters (lactones) is 1. The number of methoxy groups -OCH3 is 1. The van der Waals surface area contributed by atoms with Crippen LogP contribution in [-0.2, 0) is 4.74 Å². The maximum absolute atomic E-state index is 12.3. The molecule has 0 saturated carbocycles. The van der Waals surface area contributed by atoms with Crippen molar-refractivity contribution in [2.75, 3.05) is 31.7 Å². The third-order valence-electron chi connectivity index (χ3n) is 4.73. The van der Waals surface area contributed by atoms with Crippen LogP contribution in [0, 0.1) is 5.92 Å². The highest BCUT2D eigenvalue weighted by molar-refractivity contribution is 5.93. The van der Waals surface area contributed by atoms with E-state index in [0.29, 0.717) is 18.3 Å². The van der Waals surface area contributed by atoms with Crippen LogP contribution in [-0.4, -0.2) is 38.4 Å². The second-order valence-corrected chi connectivity index (χ2v) is 5.94. The van der Waals surface area contributed by atoms with Crippen LogP contribution in [0.4, 0.5) is 10.5 Å². The Bertz CT molecular complexity index is 528. The van der Waals surface area contributed by atoms with Gasteiger partial charge in [-0.3, -0.25) is 4.90 Å². The highest BCUT2D eigenvalue weighted by atomic mass is 16.6. The summed E-state index contributed by atoms with van der Waals surface area (Å²) in [6.45, 7) is 4.55. The van der Waals surface area contributed by atoms with Gasteiger partial charge in [0.1, 0.15) is 12.4 Å². The van der Waals surface area contributed by atoms with E-state index < -0.39 is 0 Å². The van der Waals surface area contributed by atoms with Crippen molar-refractivity contribution in [3.63, 3.8) is 0 Å². The minimum atomic E-state index is -0.312. The fourth-order valence-corrected chi connectivity index (χ4v) is 3.48. The molecule has 1 aromatic rings. The lowest BCUT2D eigenvalue weighted by Crippen LogP contribution is -2.53. The van der Waals surface area contributed by atoms with Gasteiger partial charge in [0.25, 0.3) is 0 Å². The molecule has 1 aromatic carbocycles. The Morgan fingerprint density at radius 3 is 2.76 bits per heavy atom. The molecule has 0 aliphatic carbocycles. The number of anilines is 1. The van der Waals surface area contributed by atoms with Crippen LogP contribution in [0.5, 0.6) is 5.75 Å². The van der Waals surface area contributed by atoms with Gasteiger partial charge in [0.15, 0.2) is 0 Å². The molecular weight excluding hydrogens is 268 g/mol. The van der Waals surface area contributed by atoms with Gasteiger partial charge in [-0.1, -0.05) is 12.1 Å². The molecule has 0 spiro atoms. The highest BCUT2D eigenvalue weighted by Crippen LogP contribution is 2.42. The molecule has 1 atom stereocenters. The summed E-state index contributed by atoms with van der Waals surface area (Å²) in [5.74, 6) is 1.13. The van der Waals surface area contributed by atoms with Crippen molar-refractivity contribution in [3.05, 3.63) is 24.3 Å². The Morgan fingerprint density at radius 1 is 1.33 bits per heavy atom. The van der Waals surface area contributed by atoms with Crippen LogP contribution in [0.3, 0.4) is 0 Å². The van der Waals surface area contributed by atoms with Gasteiger partial charge in [-0.25, -0.2) is 4.79 Å². The first kappa shape index (κ1) is 14.2. The van der Waals surface area contributed by atoms with Gasteiger partial charge in [-0.2, -0.15) is 0 Å². The lowest BCUT2D eigenvalue weighted by Gasteiger charge is -2.41. The quantitative estimate of drug-likeness (QED) is 0.929. The molecule has 1 N–H and O–H groups in total. The Kier molecular flexibility index (Phi) is 3.76. The number of rotatable bonds is 3. The summed E-state index contributed by atoms with van der Waals surface area (Å²) in [6, 6.07) is 7.63. The fraction of sp³-hybridized carbons (Fsp3) is 0.562. The maximum atomic E-state index is 12.3. The molecule has 1 unspecified atom stereocenters. The Balaban J connectivity index is 1.98. The number of piperidine rings is 1. The van der Waals surface area contributed by atoms with Gasteiger partial charge in [-0.05, 0) is 50.9 Å². The van der Waals surface area contributed by atoms with Gasteiger partial charge in [-0.15, -0.1) is 0 Å². The summed E-state index contributed by atoms with van der Waals surface area (Å²) < 4.78 is 10.8. The summed E-state index contributed by atoms with van der Waals surface area (Å²) >= 11 is 0. The molecule has 2 saturated heterocycles. The van der Waals surface area contributed by atoms with E-state index in [4.69, 9.17) is 9.47 Å². The molecule has 2 fully saturated rings. The third-order valence-corrected chi connectivity index (χ3v) is 4.73. The zero-order valence-corrected chi connectivity index (χ0v) is 12.6. The monoisotopic (exact) mass is 290 g/mol. The maximum Gasteiger partial charge on any atom is 0.415 e. The molecule has 0 radical (unpaired) electrons. The van der Waals surface area contributed by atoms with Crippen LogP contribution >= 0.6 is 0 Å². The molecule has 114 valence electrons. The largest absolute Gasteiger partial charge is 0.495 e. The van der Waals surface area contributed by atoms with Gasteiger partial charge >= 0.3 is 6.09 Å². The molecule has 5 nitrogen and oxygen atoms in total. The van der Waals surface area contributed by atoms with Gasteiger partial charge in [0.2, 0.25) is 0 Å². The first-order valence-corrected chi connectivity index (χ1v) is 7.47. The summed E-state index contributed by atoms with van der Waals surface area (Å²) in [7, 11) is 1.63. The molecular formula is C16H22N2O3. The molecule has 2 aliphatic rings. The number of benzene rings is 1. The van der Waals surface area contributed by atoms with Crippen molar-refractivity contribution in [2.24, 2.45) is 5.92 Å². The van der Waals surface area contributed by atoms with Crippen molar-refractivity contribution in [3.8, 4) is 5.75 Å². The van der Waals surface area contributed by atoms with E-state index in [1.807, 2.05) is 24.3 Å². The summed E-state index contributed by atoms with van der Waals surface area (Å²) in [6.07, 6.45) is 1.83. The van der Waals surface area contributed by atoms with Crippen molar-refractivity contribution in [1.82, 2.24) is 5.32 Å². The second kappa shape index (κ2) is 5.56. The van der Waals surface area contributed by atoms with E-state index in [9.17, 15) is 4.79 Å². The smallest absolute Gasteiger partial charge is 0.415 e. The zero-order chi connectivity index (χ0) is 14.9. The zero-order valence-electron chi connectivity index (χ0n) is 12.6. The second-order valence-electron chi connectivity index (χ2n) is 5.94. The molecule has 0 bridgehead atoms. The number of hydrogen-bond donors (Lipinski definition) is 1. The van der Waals surface area contributed by atoms with E-state index in [0.717, 1.165) is 31.6 Å². The Hall–Kier alpha value is -1.75. The Labute approximate surface area is 125 Å². The molecule has 1 amide bonds. The molecule has 2 aliphatic heterocycles. The third kappa shape index (κ3) is 2.35. The van der Waals surface area contributed by atoms with Crippen LogP contribution in [0.25, 0.3) is 0 Å². The number of amides is 1.